The molecular formula is C14H23N3O4S2. The van der Waals surface area contributed by atoms with Crippen molar-refractivity contribution in [2.45, 2.75) is 37.1 Å². The SMILES string of the molecule is CN(C(=O)[C@@H](S)CCN1C(=O)N(C)C(C)(C)C1=O)C(C=O)CS. The monoisotopic (exact) mass is 361 g/mol. The molecule has 0 N–H and O–H groups in total. The lowest BCUT2D eigenvalue weighted by Crippen LogP contribution is -2.44. The first-order valence-corrected chi connectivity index (χ1v) is 8.35. The highest BCUT2D eigenvalue weighted by atomic mass is 32.1. The standard InChI is InChI=1S/C14H23N3O4S2/c1-14(2)12(20)17(13(21)16(14)4)6-5-10(23)11(19)15(3)9(7-18)8-22/h7,9-10,22-23H,5-6,8H2,1-4H3/t9?,10-/m0/s1. The summed E-state index contributed by atoms with van der Waals surface area (Å²) in [7, 11) is 3.07. The van der Waals surface area contributed by atoms with Crippen molar-refractivity contribution < 1.29 is 19.2 Å². The summed E-state index contributed by atoms with van der Waals surface area (Å²) in [4.78, 5) is 51.3. The van der Waals surface area contributed by atoms with E-state index in [-0.39, 0.29) is 36.6 Å². The molecule has 7 nitrogen and oxygen atoms in total. The van der Waals surface area contributed by atoms with Gasteiger partial charge < -0.3 is 14.6 Å². The van der Waals surface area contributed by atoms with E-state index >= 15 is 0 Å². The molecule has 0 aromatic heterocycles. The van der Waals surface area contributed by atoms with Crippen molar-refractivity contribution in [1.29, 1.82) is 0 Å². The van der Waals surface area contributed by atoms with Crippen LogP contribution in [0, 0.1) is 0 Å². The molecule has 4 amide bonds. The van der Waals surface area contributed by atoms with Gasteiger partial charge in [0.1, 0.15) is 11.8 Å². The molecule has 1 unspecified atom stereocenters. The Hall–Kier alpha value is -1.22. The lowest BCUT2D eigenvalue weighted by molar-refractivity contribution is -0.134. The van der Waals surface area contributed by atoms with Gasteiger partial charge in [0.25, 0.3) is 5.91 Å². The first-order valence-electron chi connectivity index (χ1n) is 7.20. The Labute approximate surface area is 147 Å². The van der Waals surface area contributed by atoms with Gasteiger partial charge in [-0.15, -0.1) is 0 Å². The van der Waals surface area contributed by atoms with E-state index in [9.17, 15) is 19.2 Å². The Bertz CT molecular complexity index is 512. The summed E-state index contributed by atoms with van der Waals surface area (Å²) in [6.07, 6.45) is 0.863. The van der Waals surface area contributed by atoms with E-state index in [0.29, 0.717) is 6.29 Å². The molecule has 1 fully saturated rings. The molecule has 0 radical (unpaired) electrons. The number of likely N-dealkylation sites (N-methyl/N-ethyl adjacent to an activating group) is 2. The summed E-state index contributed by atoms with van der Waals surface area (Å²) in [6, 6.07) is -1.01. The third-order valence-electron chi connectivity index (χ3n) is 4.23. The molecule has 130 valence electrons. The van der Waals surface area contributed by atoms with Crippen molar-refractivity contribution in [2.24, 2.45) is 0 Å². The fourth-order valence-corrected chi connectivity index (χ4v) is 2.84. The van der Waals surface area contributed by atoms with Gasteiger partial charge in [0.05, 0.1) is 11.3 Å². The minimum atomic E-state index is -0.890. The molecule has 2 atom stereocenters. The predicted octanol–water partition coefficient (Wildman–Crippen LogP) is 0.303. The first-order chi connectivity index (χ1) is 10.6. The predicted molar refractivity (Wildman–Crippen MR) is 92.8 cm³/mol. The van der Waals surface area contributed by atoms with E-state index in [1.54, 1.807) is 20.9 Å². The average Bonchev–Trinajstić information content (AvgIpc) is 2.66. The van der Waals surface area contributed by atoms with Crippen molar-refractivity contribution in [3.63, 3.8) is 0 Å². The van der Waals surface area contributed by atoms with Crippen LogP contribution in [0.25, 0.3) is 0 Å². The third-order valence-corrected chi connectivity index (χ3v) is 5.08. The zero-order valence-electron chi connectivity index (χ0n) is 13.7. The van der Waals surface area contributed by atoms with Crippen LogP contribution < -0.4 is 0 Å². The van der Waals surface area contributed by atoms with Crippen molar-refractivity contribution >= 4 is 49.4 Å². The lowest BCUT2D eigenvalue weighted by Gasteiger charge is -2.25. The molecule has 1 aliphatic rings. The van der Waals surface area contributed by atoms with E-state index < -0.39 is 16.8 Å². The van der Waals surface area contributed by atoms with Crippen molar-refractivity contribution in [2.75, 3.05) is 26.4 Å². The molecule has 0 aromatic rings. The van der Waals surface area contributed by atoms with Gasteiger partial charge in [-0.05, 0) is 20.3 Å². The largest absolute Gasteiger partial charge is 0.334 e. The van der Waals surface area contributed by atoms with E-state index in [2.05, 4.69) is 25.3 Å². The minimum absolute atomic E-state index is 0.103. The quantitative estimate of drug-likeness (QED) is 0.388. The number of imide groups is 1. The van der Waals surface area contributed by atoms with Crippen LogP contribution in [-0.2, 0) is 14.4 Å². The lowest BCUT2D eigenvalue weighted by atomic mass is 10.1. The summed E-state index contributed by atoms with van der Waals surface area (Å²) in [5, 5.41) is -0.711. The van der Waals surface area contributed by atoms with Gasteiger partial charge in [-0.25, -0.2) is 4.79 Å². The van der Waals surface area contributed by atoms with E-state index in [0.717, 1.165) is 4.90 Å². The molecule has 0 spiro atoms. The summed E-state index contributed by atoms with van der Waals surface area (Å²) < 4.78 is 0. The Balaban J connectivity index is 2.68. The molecule has 0 aromatic carbocycles. The number of aldehydes is 1. The van der Waals surface area contributed by atoms with Crippen LogP contribution in [0.3, 0.4) is 0 Å². The van der Waals surface area contributed by atoms with E-state index in [4.69, 9.17) is 0 Å². The number of nitrogens with zero attached hydrogens (tertiary/aromatic N) is 3. The number of thiol groups is 2. The second kappa shape index (κ2) is 7.57. The van der Waals surface area contributed by atoms with Crippen molar-refractivity contribution in [1.82, 2.24) is 14.7 Å². The Morgan fingerprint density at radius 2 is 1.96 bits per heavy atom. The number of carbonyl (C=O) groups excluding carboxylic acids is 4. The van der Waals surface area contributed by atoms with Gasteiger partial charge in [0, 0.05) is 26.4 Å². The number of rotatable bonds is 7. The third kappa shape index (κ3) is 3.82. The van der Waals surface area contributed by atoms with Crippen molar-refractivity contribution in [3.8, 4) is 0 Å². The maximum atomic E-state index is 12.3. The molecular weight excluding hydrogens is 338 g/mol. The number of amides is 4. The number of hydrogen-bond acceptors (Lipinski definition) is 6. The molecule has 1 saturated heterocycles. The van der Waals surface area contributed by atoms with Gasteiger partial charge in [-0.3, -0.25) is 14.5 Å². The zero-order chi connectivity index (χ0) is 17.9. The molecule has 0 bridgehead atoms. The van der Waals surface area contributed by atoms with Crippen LogP contribution in [0.15, 0.2) is 0 Å². The van der Waals surface area contributed by atoms with Gasteiger partial charge in [-0.1, -0.05) is 0 Å². The molecule has 1 aliphatic heterocycles. The molecule has 23 heavy (non-hydrogen) atoms. The Morgan fingerprint density at radius 1 is 1.39 bits per heavy atom. The van der Waals surface area contributed by atoms with Gasteiger partial charge in [0.2, 0.25) is 5.91 Å². The van der Waals surface area contributed by atoms with Crippen LogP contribution in [0.2, 0.25) is 0 Å². The molecule has 9 heteroatoms. The van der Waals surface area contributed by atoms with Gasteiger partial charge in [-0.2, -0.15) is 25.3 Å². The maximum Gasteiger partial charge on any atom is 0.327 e. The highest BCUT2D eigenvalue weighted by molar-refractivity contribution is 7.81. The summed E-state index contributed by atoms with van der Waals surface area (Å²) in [5.41, 5.74) is -0.890. The average molecular weight is 361 g/mol. The highest BCUT2D eigenvalue weighted by Crippen LogP contribution is 2.26. The minimum Gasteiger partial charge on any atom is -0.334 e. The Kier molecular flexibility index (Phi) is 6.52. The number of carbonyl (C=O) groups is 4. The van der Waals surface area contributed by atoms with E-state index in [1.165, 1.54) is 16.8 Å². The maximum absolute atomic E-state index is 12.3. The van der Waals surface area contributed by atoms with Gasteiger partial charge in [0.15, 0.2) is 0 Å². The zero-order valence-corrected chi connectivity index (χ0v) is 15.5. The second-order valence-electron chi connectivity index (χ2n) is 6.00. The fourth-order valence-electron chi connectivity index (χ4n) is 2.21. The van der Waals surface area contributed by atoms with Crippen LogP contribution in [0.4, 0.5) is 4.79 Å². The van der Waals surface area contributed by atoms with Crippen LogP contribution in [0.5, 0.6) is 0 Å². The van der Waals surface area contributed by atoms with Crippen molar-refractivity contribution in [3.05, 3.63) is 0 Å². The fraction of sp³-hybridized carbons (Fsp3) is 0.714. The molecule has 1 rings (SSSR count). The Morgan fingerprint density at radius 3 is 2.35 bits per heavy atom. The second-order valence-corrected chi connectivity index (χ2v) is 6.99. The summed E-state index contributed by atoms with van der Waals surface area (Å²) in [5.74, 6) is -0.424. The van der Waals surface area contributed by atoms with Crippen LogP contribution in [-0.4, -0.2) is 82.1 Å². The molecule has 1 heterocycles. The molecule has 0 aliphatic carbocycles. The van der Waals surface area contributed by atoms with Gasteiger partial charge >= 0.3 is 6.03 Å². The van der Waals surface area contributed by atoms with E-state index in [1.807, 2.05) is 0 Å². The number of hydrogen-bond donors (Lipinski definition) is 2. The topological polar surface area (TPSA) is 78.0 Å². The number of urea groups is 1. The highest BCUT2D eigenvalue weighted by Gasteiger charge is 2.49. The summed E-state index contributed by atoms with van der Waals surface area (Å²) in [6.45, 7) is 3.45. The smallest absolute Gasteiger partial charge is 0.327 e. The first kappa shape index (κ1) is 19.8. The normalized spacial score (nSPS) is 19.7. The molecule has 0 saturated carbocycles. The van der Waals surface area contributed by atoms with Crippen LogP contribution in [0.1, 0.15) is 20.3 Å². The summed E-state index contributed by atoms with van der Waals surface area (Å²) >= 11 is 8.26. The van der Waals surface area contributed by atoms with Crippen LogP contribution >= 0.6 is 25.3 Å².